The van der Waals surface area contributed by atoms with Crippen LogP contribution in [0.5, 0.6) is 11.5 Å². The van der Waals surface area contributed by atoms with Gasteiger partial charge in [-0.25, -0.2) is 0 Å². The van der Waals surface area contributed by atoms with Crippen molar-refractivity contribution in [1.29, 1.82) is 0 Å². The van der Waals surface area contributed by atoms with Crippen molar-refractivity contribution in [3.63, 3.8) is 0 Å². The Morgan fingerprint density at radius 3 is 1.41 bits per heavy atom. The summed E-state index contributed by atoms with van der Waals surface area (Å²) in [5.74, 6) is 1.83. The summed E-state index contributed by atoms with van der Waals surface area (Å²) in [7, 11) is 0. The highest BCUT2D eigenvalue weighted by Gasteiger charge is 2.20. The standard InChI is InChI=1S/C26H18O/c1-3-7-23-17(5-1)13-19-15-21(9-11-25(19)23)27-22-10-12-26-20(16-22)14-18-6-2-4-8-24(18)26/h1-12,15-16H,13-14H2. The molecule has 0 atom stereocenters. The first-order chi connectivity index (χ1) is 13.3. The lowest BCUT2D eigenvalue weighted by Gasteiger charge is -2.10. The third-order valence-electron chi connectivity index (χ3n) is 5.77. The number of hydrogen-bond donors (Lipinski definition) is 0. The van der Waals surface area contributed by atoms with Gasteiger partial charge < -0.3 is 4.74 Å². The summed E-state index contributed by atoms with van der Waals surface area (Å²) in [6, 6.07) is 30.2. The molecule has 0 amide bonds. The van der Waals surface area contributed by atoms with Crippen LogP contribution in [-0.4, -0.2) is 0 Å². The summed E-state index contributed by atoms with van der Waals surface area (Å²) in [5, 5.41) is 0. The second-order valence-corrected chi connectivity index (χ2v) is 7.41. The summed E-state index contributed by atoms with van der Waals surface area (Å²) < 4.78 is 6.23. The van der Waals surface area contributed by atoms with Crippen LogP contribution >= 0.6 is 0 Å². The minimum Gasteiger partial charge on any atom is -0.457 e. The summed E-state index contributed by atoms with van der Waals surface area (Å²) in [6.07, 6.45) is 1.98. The van der Waals surface area contributed by atoms with Gasteiger partial charge in [0.25, 0.3) is 0 Å². The molecule has 4 aromatic carbocycles. The topological polar surface area (TPSA) is 9.23 Å². The molecule has 0 saturated carbocycles. The molecule has 2 aliphatic carbocycles. The van der Waals surface area contributed by atoms with Crippen LogP contribution in [0.15, 0.2) is 84.9 Å². The summed E-state index contributed by atoms with van der Waals surface area (Å²) >= 11 is 0. The Morgan fingerprint density at radius 2 is 0.889 bits per heavy atom. The quantitative estimate of drug-likeness (QED) is 0.342. The summed E-state index contributed by atoms with van der Waals surface area (Å²) in [4.78, 5) is 0. The minimum atomic E-state index is 0.914. The Morgan fingerprint density at radius 1 is 0.444 bits per heavy atom. The van der Waals surface area contributed by atoms with E-state index in [1.54, 1.807) is 0 Å². The fourth-order valence-electron chi connectivity index (χ4n) is 4.51. The van der Waals surface area contributed by atoms with Crippen LogP contribution in [0.1, 0.15) is 22.3 Å². The molecule has 0 saturated heterocycles. The van der Waals surface area contributed by atoms with Gasteiger partial charge in [0, 0.05) is 0 Å². The molecule has 1 nitrogen and oxygen atoms in total. The van der Waals surface area contributed by atoms with E-state index in [4.69, 9.17) is 4.74 Å². The lowest BCUT2D eigenvalue weighted by atomic mass is 10.1. The predicted molar refractivity (Wildman–Crippen MR) is 109 cm³/mol. The zero-order valence-corrected chi connectivity index (χ0v) is 14.9. The maximum atomic E-state index is 6.23. The normalized spacial score (nSPS) is 12.9. The van der Waals surface area contributed by atoms with Crippen LogP contribution < -0.4 is 4.74 Å². The third kappa shape index (κ3) is 2.32. The second kappa shape index (κ2) is 5.59. The van der Waals surface area contributed by atoms with E-state index < -0.39 is 0 Å². The van der Waals surface area contributed by atoms with E-state index in [9.17, 15) is 0 Å². The van der Waals surface area contributed by atoms with Crippen LogP contribution in [0.2, 0.25) is 0 Å². The van der Waals surface area contributed by atoms with E-state index in [1.165, 1.54) is 44.5 Å². The van der Waals surface area contributed by atoms with E-state index in [1.807, 2.05) is 0 Å². The predicted octanol–water partition coefficient (Wildman–Crippen LogP) is 6.62. The first-order valence-corrected chi connectivity index (χ1v) is 9.45. The molecular formula is C26H18O. The summed E-state index contributed by atoms with van der Waals surface area (Å²) in [5.41, 5.74) is 10.9. The van der Waals surface area contributed by atoms with Gasteiger partial charge in [-0.05, 0) is 81.6 Å². The Bertz CT molecular complexity index is 1110. The molecule has 0 spiro atoms. The smallest absolute Gasteiger partial charge is 0.127 e. The van der Waals surface area contributed by atoms with Gasteiger partial charge in [-0.3, -0.25) is 0 Å². The van der Waals surface area contributed by atoms with E-state index in [0.29, 0.717) is 0 Å². The van der Waals surface area contributed by atoms with Crippen molar-refractivity contribution in [3.05, 3.63) is 107 Å². The molecule has 0 bridgehead atoms. The molecular weight excluding hydrogens is 328 g/mol. The van der Waals surface area contributed by atoms with E-state index >= 15 is 0 Å². The molecule has 6 rings (SSSR count). The average molecular weight is 346 g/mol. The number of fused-ring (bicyclic) bond motifs is 6. The zero-order valence-electron chi connectivity index (χ0n) is 14.9. The van der Waals surface area contributed by atoms with Crippen molar-refractivity contribution in [1.82, 2.24) is 0 Å². The number of hydrogen-bond acceptors (Lipinski definition) is 1. The van der Waals surface area contributed by atoms with Gasteiger partial charge in [0.1, 0.15) is 11.5 Å². The molecule has 4 aromatic rings. The molecule has 0 unspecified atom stereocenters. The molecule has 0 heterocycles. The lowest BCUT2D eigenvalue weighted by Crippen LogP contribution is -1.89. The molecule has 0 N–H and O–H groups in total. The highest BCUT2D eigenvalue weighted by molar-refractivity contribution is 5.78. The Balaban J connectivity index is 1.31. The monoisotopic (exact) mass is 346 g/mol. The molecule has 128 valence electrons. The number of benzene rings is 4. The van der Waals surface area contributed by atoms with Gasteiger partial charge in [-0.1, -0.05) is 60.7 Å². The molecule has 1 heteroatoms. The van der Waals surface area contributed by atoms with Crippen LogP contribution in [0.25, 0.3) is 22.3 Å². The van der Waals surface area contributed by atoms with Crippen molar-refractivity contribution in [3.8, 4) is 33.8 Å². The lowest BCUT2D eigenvalue weighted by molar-refractivity contribution is 0.482. The van der Waals surface area contributed by atoms with Crippen LogP contribution in [0.4, 0.5) is 0 Å². The second-order valence-electron chi connectivity index (χ2n) is 7.41. The molecule has 0 aliphatic heterocycles. The van der Waals surface area contributed by atoms with Gasteiger partial charge >= 0.3 is 0 Å². The Labute approximate surface area is 158 Å². The Kier molecular flexibility index (Phi) is 3.06. The van der Waals surface area contributed by atoms with Gasteiger partial charge in [-0.2, -0.15) is 0 Å². The van der Waals surface area contributed by atoms with Gasteiger partial charge in [0.15, 0.2) is 0 Å². The van der Waals surface area contributed by atoms with E-state index in [-0.39, 0.29) is 0 Å². The highest BCUT2D eigenvalue weighted by atomic mass is 16.5. The summed E-state index contributed by atoms with van der Waals surface area (Å²) in [6.45, 7) is 0. The van der Waals surface area contributed by atoms with E-state index in [0.717, 1.165) is 24.3 Å². The van der Waals surface area contributed by atoms with Gasteiger partial charge in [0.2, 0.25) is 0 Å². The maximum Gasteiger partial charge on any atom is 0.127 e. The first kappa shape index (κ1) is 14.8. The van der Waals surface area contributed by atoms with Crippen molar-refractivity contribution in [2.45, 2.75) is 12.8 Å². The van der Waals surface area contributed by atoms with Crippen LogP contribution in [0.3, 0.4) is 0 Å². The van der Waals surface area contributed by atoms with Crippen molar-refractivity contribution < 1.29 is 4.74 Å². The highest BCUT2D eigenvalue weighted by Crippen LogP contribution is 2.41. The van der Waals surface area contributed by atoms with Crippen LogP contribution in [0, 0.1) is 0 Å². The fourth-order valence-corrected chi connectivity index (χ4v) is 4.51. The minimum absolute atomic E-state index is 0.914. The zero-order chi connectivity index (χ0) is 17.8. The fraction of sp³-hybridized carbons (Fsp3) is 0.0769. The number of ether oxygens (including phenoxy) is 1. The third-order valence-corrected chi connectivity index (χ3v) is 5.77. The molecule has 2 aliphatic rings. The maximum absolute atomic E-state index is 6.23. The van der Waals surface area contributed by atoms with Crippen molar-refractivity contribution in [2.75, 3.05) is 0 Å². The Hall–Kier alpha value is -3.32. The molecule has 27 heavy (non-hydrogen) atoms. The van der Waals surface area contributed by atoms with Crippen molar-refractivity contribution in [2.24, 2.45) is 0 Å². The average Bonchev–Trinajstić information content (AvgIpc) is 3.25. The van der Waals surface area contributed by atoms with Crippen molar-refractivity contribution >= 4 is 0 Å². The SMILES string of the molecule is c1ccc2c(c1)Cc1cc(Oc3ccc4c(c3)Cc3ccccc3-4)ccc1-2. The van der Waals surface area contributed by atoms with Gasteiger partial charge in [-0.15, -0.1) is 0 Å². The van der Waals surface area contributed by atoms with E-state index in [2.05, 4.69) is 84.9 Å². The molecule has 0 radical (unpaired) electrons. The van der Waals surface area contributed by atoms with Gasteiger partial charge in [0.05, 0.1) is 0 Å². The first-order valence-electron chi connectivity index (χ1n) is 9.45. The number of rotatable bonds is 2. The largest absolute Gasteiger partial charge is 0.457 e. The molecule has 0 aromatic heterocycles. The molecule has 0 fully saturated rings. The van der Waals surface area contributed by atoms with Crippen LogP contribution in [-0.2, 0) is 12.8 Å².